The van der Waals surface area contributed by atoms with Crippen LogP contribution in [0.4, 0.5) is 14.6 Å². The second-order valence-electron chi connectivity index (χ2n) is 8.67. The van der Waals surface area contributed by atoms with Crippen LogP contribution in [0.15, 0.2) is 46.3 Å². The maximum Gasteiger partial charge on any atom is 0.299 e. The van der Waals surface area contributed by atoms with Crippen LogP contribution in [0, 0.1) is 18.6 Å². The zero-order valence-corrected chi connectivity index (χ0v) is 21.5. The van der Waals surface area contributed by atoms with Crippen molar-refractivity contribution in [3.05, 3.63) is 64.9 Å². The van der Waals surface area contributed by atoms with Crippen molar-refractivity contribution in [2.75, 3.05) is 13.1 Å². The summed E-state index contributed by atoms with van der Waals surface area (Å²) in [5.74, 6) is -1.84. The molecule has 0 atom stereocenters. The van der Waals surface area contributed by atoms with E-state index in [0.29, 0.717) is 54.7 Å². The Labute approximate surface area is 209 Å². The summed E-state index contributed by atoms with van der Waals surface area (Å²) >= 11 is 0. The minimum atomic E-state index is -3.70. The largest absolute Gasteiger partial charge is 0.299 e. The van der Waals surface area contributed by atoms with Gasteiger partial charge in [0, 0.05) is 30.3 Å². The number of aliphatic imine (C=N–C) groups is 1. The van der Waals surface area contributed by atoms with Gasteiger partial charge in [-0.25, -0.2) is 22.2 Å². The van der Waals surface area contributed by atoms with Crippen LogP contribution < -0.4 is 0 Å². The number of hydrogen-bond acceptors (Lipinski definition) is 5. The third-order valence-electron chi connectivity index (χ3n) is 6.13. The number of nitrogens with zero attached hydrogens (tertiary/aromatic N) is 4. The van der Waals surface area contributed by atoms with Crippen molar-refractivity contribution in [2.24, 2.45) is 4.99 Å². The van der Waals surface area contributed by atoms with Gasteiger partial charge in [-0.05, 0) is 56.0 Å². The van der Waals surface area contributed by atoms with E-state index in [-0.39, 0.29) is 22.0 Å². The molecule has 0 saturated heterocycles. The topological polar surface area (TPSA) is 84.6 Å². The standard InChI is InChI=1S/C26H28F2N4O3S/c1-5-12-31(13-6-2)36(34,35)22-11-8-18(14-17(22)7-3)24-26(33)32-25(29-24)23(16(4)30-32)20-10-9-19(27)15-21(20)28/h8-11,14-15H,5-7,12-13H2,1-4H3. The molecule has 0 saturated carbocycles. The first-order valence-electron chi connectivity index (χ1n) is 12.0. The predicted octanol–water partition coefficient (Wildman–Crippen LogP) is 5.28. The molecule has 4 rings (SSSR count). The van der Waals surface area contributed by atoms with Gasteiger partial charge in [0.15, 0.2) is 5.82 Å². The number of fused-ring (bicyclic) bond motifs is 1. The Morgan fingerprint density at radius 2 is 1.69 bits per heavy atom. The van der Waals surface area contributed by atoms with E-state index < -0.39 is 27.6 Å². The highest BCUT2D eigenvalue weighted by atomic mass is 32.2. The lowest BCUT2D eigenvalue weighted by Gasteiger charge is -2.22. The van der Waals surface area contributed by atoms with Crippen molar-refractivity contribution in [3.63, 3.8) is 0 Å². The van der Waals surface area contributed by atoms with E-state index in [9.17, 15) is 22.0 Å². The van der Waals surface area contributed by atoms with Crippen LogP contribution in [0.1, 0.15) is 55.2 Å². The van der Waals surface area contributed by atoms with Gasteiger partial charge in [-0.2, -0.15) is 14.1 Å². The zero-order chi connectivity index (χ0) is 26.2. The monoisotopic (exact) mass is 514 g/mol. The number of sulfonamides is 1. The first kappa shape index (κ1) is 25.8. The van der Waals surface area contributed by atoms with E-state index in [2.05, 4.69) is 10.1 Å². The zero-order valence-electron chi connectivity index (χ0n) is 20.7. The van der Waals surface area contributed by atoms with Crippen molar-refractivity contribution >= 4 is 27.5 Å². The Hall–Kier alpha value is -3.24. The number of carbonyl (C=O) groups is 1. The number of hydrogen-bond donors (Lipinski definition) is 0. The van der Waals surface area contributed by atoms with Crippen molar-refractivity contribution in [1.29, 1.82) is 0 Å². The quantitative estimate of drug-likeness (QED) is 0.389. The molecule has 0 unspecified atom stereocenters. The number of benzene rings is 2. The van der Waals surface area contributed by atoms with Crippen molar-refractivity contribution in [3.8, 4) is 11.1 Å². The number of carbonyl (C=O) groups excluding carboxylic acids is 1. The minimum Gasteiger partial charge on any atom is -0.265 e. The highest BCUT2D eigenvalue weighted by Crippen LogP contribution is 2.38. The predicted molar refractivity (Wildman–Crippen MR) is 134 cm³/mol. The van der Waals surface area contributed by atoms with E-state index in [1.807, 2.05) is 20.8 Å². The van der Waals surface area contributed by atoms with Gasteiger partial charge in [0.05, 0.1) is 16.2 Å². The lowest BCUT2D eigenvalue weighted by atomic mass is 10.0. The second kappa shape index (κ2) is 10.0. The summed E-state index contributed by atoms with van der Waals surface area (Å²) in [7, 11) is -3.70. The smallest absolute Gasteiger partial charge is 0.265 e. The number of aryl methyl sites for hydroxylation is 2. The number of halogens is 2. The molecule has 0 spiro atoms. The summed E-state index contributed by atoms with van der Waals surface area (Å²) < 4.78 is 57.3. The van der Waals surface area contributed by atoms with Gasteiger partial charge in [0.2, 0.25) is 10.0 Å². The molecule has 1 aromatic heterocycles. The van der Waals surface area contributed by atoms with Crippen LogP contribution in [0.2, 0.25) is 0 Å². The molecule has 1 aliphatic heterocycles. The van der Waals surface area contributed by atoms with E-state index >= 15 is 0 Å². The Bertz CT molecular complexity index is 1470. The second-order valence-corrected chi connectivity index (χ2v) is 10.6. The SMILES string of the molecule is CCCN(CCC)S(=O)(=O)c1ccc(C2=Nc3c(-c4ccc(F)cc4F)c(C)nn3C2=O)cc1CC. The van der Waals surface area contributed by atoms with Crippen LogP contribution in [0.5, 0.6) is 0 Å². The first-order chi connectivity index (χ1) is 17.1. The highest BCUT2D eigenvalue weighted by Gasteiger charge is 2.33. The maximum atomic E-state index is 14.5. The molecule has 2 heterocycles. The van der Waals surface area contributed by atoms with Gasteiger partial charge in [-0.1, -0.05) is 26.8 Å². The molecule has 0 amide bonds. The fourth-order valence-electron chi connectivity index (χ4n) is 4.45. The summed E-state index contributed by atoms with van der Waals surface area (Å²) in [5, 5.41) is 4.24. The normalized spacial score (nSPS) is 13.4. The van der Waals surface area contributed by atoms with Gasteiger partial charge >= 0.3 is 0 Å². The minimum absolute atomic E-state index is 0.0823. The van der Waals surface area contributed by atoms with E-state index in [4.69, 9.17) is 0 Å². The molecule has 0 bridgehead atoms. The highest BCUT2D eigenvalue weighted by molar-refractivity contribution is 7.89. The molecule has 0 aliphatic carbocycles. The number of aromatic nitrogens is 2. The molecule has 0 fully saturated rings. The fourth-order valence-corrected chi connectivity index (χ4v) is 6.35. The summed E-state index contributed by atoms with van der Waals surface area (Å²) in [5.41, 5.74) is 1.89. The van der Waals surface area contributed by atoms with E-state index in [0.717, 1.165) is 16.8 Å². The van der Waals surface area contributed by atoms with Crippen LogP contribution in [0.3, 0.4) is 0 Å². The summed E-state index contributed by atoms with van der Waals surface area (Å²) in [4.78, 5) is 17.9. The average molecular weight is 515 g/mol. The fraction of sp³-hybridized carbons (Fsp3) is 0.346. The molecule has 7 nitrogen and oxygen atoms in total. The average Bonchev–Trinajstić information content (AvgIpc) is 3.33. The Morgan fingerprint density at radius 3 is 2.31 bits per heavy atom. The molecule has 1 aliphatic rings. The van der Waals surface area contributed by atoms with Crippen LogP contribution in [-0.2, 0) is 16.4 Å². The molecule has 36 heavy (non-hydrogen) atoms. The molecule has 190 valence electrons. The Kier molecular flexibility index (Phi) is 7.19. The maximum absolute atomic E-state index is 14.5. The molecular weight excluding hydrogens is 486 g/mol. The van der Waals surface area contributed by atoms with Crippen molar-refractivity contribution < 1.29 is 22.0 Å². The van der Waals surface area contributed by atoms with Crippen molar-refractivity contribution in [1.82, 2.24) is 14.1 Å². The van der Waals surface area contributed by atoms with E-state index in [1.165, 1.54) is 16.4 Å². The van der Waals surface area contributed by atoms with Gasteiger partial charge in [0.1, 0.15) is 17.3 Å². The number of rotatable bonds is 9. The van der Waals surface area contributed by atoms with Gasteiger partial charge in [-0.15, -0.1) is 0 Å². The lowest BCUT2D eigenvalue weighted by molar-refractivity contribution is 0.0984. The molecule has 10 heteroatoms. The van der Waals surface area contributed by atoms with E-state index in [1.54, 1.807) is 19.1 Å². The van der Waals surface area contributed by atoms with Crippen molar-refractivity contribution in [2.45, 2.75) is 51.9 Å². The molecular formula is C26H28F2N4O3S. The van der Waals surface area contributed by atoms with Gasteiger partial charge in [0.25, 0.3) is 5.91 Å². The Morgan fingerprint density at radius 1 is 1.00 bits per heavy atom. The van der Waals surface area contributed by atoms with Gasteiger partial charge in [-0.3, -0.25) is 4.79 Å². The lowest BCUT2D eigenvalue weighted by Crippen LogP contribution is -2.33. The summed E-state index contributed by atoms with van der Waals surface area (Å²) in [6.07, 6.45) is 1.84. The third kappa shape index (κ3) is 4.39. The summed E-state index contributed by atoms with van der Waals surface area (Å²) in [6.45, 7) is 8.19. The molecule has 2 aromatic carbocycles. The summed E-state index contributed by atoms with van der Waals surface area (Å²) in [6, 6.07) is 7.95. The molecule has 3 aromatic rings. The molecule has 0 radical (unpaired) electrons. The molecule has 0 N–H and O–H groups in total. The third-order valence-corrected chi connectivity index (χ3v) is 8.13. The Balaban J connectivity index is 1.78. The first-order valence-corrected chi connectivity index (χ1v) is 13.4. The van der Waals surface area contributed by atoms with Crippen LogP contribution in [-0.4, -0.2) is 47.2 Å². The van der Waals surface area contributed by atoms with Gasteiger partial charge < -0.3 is 0 Å². The van der Waals surface area contributed by atoms with Crippen LogP contribution in [0.25, 0.3) is 11.1 Å². The van der Waals surface area contributed by atoms with Crippen LogP contribution >= 0.6 is 0 Å².